The lowest BCUT2D eigenvalue weighted by Crippen LogP contribution is -2.49. The van der Waals surface area contributed by atoms with Crippen molar-refractivity contribution in [2.24, 2.45) is 5.73 Å². The van der Waals surface area contributed by atoms with Crippen LogP contribution in [-0.4, -0.2) is 40.8 Å². The van der Waals surface area contributed by atoms with Gasteiger partial charge in [0.1, 0.15) is 0 Å². The molecule has 76 valence electrons. The molecule has 3 N–H and O–H groups in total. The van der Waals surface area contributed by atoms with Crippen molar-refractivity contribution in [1.29, 1.82) is 0 Å². The zero-order valence-corrected chi connectivity index (χ0v) is 8.32. The summed E-state index contributed by atoms with van der Waals surface area (Å²) in [6, 6.07) is 1.72. The van der Waals surface area contributed by atoms with Crippen LogP contribution in [0, 0.1) is 0 Å². The average molecular weight is 184 g/mol. The van der Waals surface area contributed by atoms with Gasteiger partial charge in [0.05, 0.1) is 6.10 Å². The summed E-state index contributed by atoms with van der Waals surface area (Å²) in [6.45, 7) is 2.70. The van der Waals surface area contributed by atoms with E-state index in [9.17, 15) is 5.11 Å². The predicted molar refractivity (Wildman–Crippen MR) is 52.4 cm³/mol. The summed E-state index contributed by atoms with van der Waals surface area (Å²) in [6.07, 6.45) is 4.63. The standard InChI is InChI=1S/C10H20N2O/c1-7(13)6-12-9-2-3-10(12)5-8(11)4-9/h7-10,13H,2-6,11H2,1H3. The molecule has 2 saturated heterocycles. The summed E-state index contributed by atoms with van der Waals surface area (Å²) < 4.78 is 0. The van der Waals surface area contributed by atoms with E-state index in [0.717, 1.165) is 19.4 Å². The summed E-state index contributed by atoms with van der Waals surface area (Å²) in [5.41, 5.74) is 5.96. The molecule has 0 aromatic rings. The molecule has 3 nitrogen and oxygen atoms in total. The van der Waals surface area contributed by atoms with Crippen molar-refractivity contribution in [3.63, 3.8) is 0 Å². The third kappa shape index (κ3) is 1.87. The van der Waals surface area contributed by atoms with Crippen LogP contribution in [-0.2, 0) is 0 Å². The van der Waals surface area contributed by atoms with Gasteiger partial charge in [0, 0.05) is 24.7 Å². The minimum atomic E-state index is -0.197. The Hall–Kier alpha value is -0.120. The molecule has 2 bridgehead atoms. The fraction of sp³-hybridized carbons (Fsp3) is 1.00. The van der Waals surface area contributed by atoms with Crippen LogP contribution in [0.3, 0.4) is 0 Å². The number of aliphatic hydroxyl groups is 1. The second kappa shape index (κ2) is 3.56. The first-order valence-electron chi connectivity index (χ1n) is 5.36. The molecule has 2 aliphatic rings. The molecule has 0 amide bonds. The van der Waals surface area contributed by atoms with E-state index in [1.165, 1.54) is 12.8 Å². The van der Waals surface area contributed by atoms with Crippen molar-refractivity contribution in [2.45, 2.75) is 56.8 Å². The molecule has 0 saturated carbocycles. The number of rotatable bonds is 2. The van der Waals surface area contributed by atoms with Gasteiger partial charge in [-0.2, -0.15) is 0 Å². The van der Waals surface area contributed by atoms with E-state index in [-0.39, 0.29) is 6.10 Å². The van der Waals surface area contributed by atoms with Gasteiger partial charge in [-0.15, -0.1) is 0 Å². The summed E-state index contributed by atoms with van der Waals surface area (Å²) in [4.78, 5) is 2.47. The van der Waals surface area contributed by atoms with Crippen LogP contribution in [0.2, 0.25) is 0 Å². The summed E-state index contributed by atoms with van der Waals surface area (Å²) in [7, 11) is 0. The molecule has 3 unspecified atom stereocenters. The number of nitrogens with two attached hydrogens (primary N) is 1. The van der Waals surface area contributed by atoms with E-state index < -0.39 is 0 Å². The van der Waals surface area contributed by atoms with Crippen LogP contribution in [0.25, 0.3) is 0 Å². The van der Waals surface area contributed by atoms with Crippen LogP contribution in [0.15, 0.2) is 0 Å². The average Bonchev–Trinajstić information content (AvgIpc) is 2.32. The quantitative estimate of drug-likeness (QED) is 0.650. The van der Waals surface area contributed by atoms with Crippen LogP contribution < -0.4 is 5.73 Å². The van der Waals surface area contributed by atoms with Crippen LogP contribution >= 0.6 is 0 Å². The molecule has 2 rings (SSSR count). The molecule has 0 spiro atoms. The first kappa shape index (κ1) is 9.44. The number of piperidine rings is 1. The van der Waals surface area contributed by atoms with Crippen LogP contribution in [0.1, 0.15) is 32.6 Å². The first-order chi connectivity index (χ1) is 6.16. The number of hydrogen-bond donors (Lipinski definition) is 2. The van der Waals surface area contributed by atoms with Crippen molar-refractivity contribution in [2.75, 3.05) is 6.54 Å². The Morgan fingerprint density at radius 1 is 1.38 bits per heavy atom. The molecule has 0 aromatic heterocycles. The number of fused-ring (bicyclic) bond motifs is 2. The highest BCUT2D eigenvalue weighted by atomic mass is 16.3. The topological polar surface area (TPSA) is 49.5 Å². The molecule has 2 fully saturated rings. The van der Waals surface area contributed by atoms with E-state index in [1.807, 2.05) is 6.92 Å². The normalized spacial score (nSPS) is 42.2. The van der Waals surface area contributed by atoms with Crippen molar-refractivity contribution >= 4 is 0 Å². The highest BCUT2D eigenvalue weighted by molar-refractivity contribution is 4.96. The second-order valence-corrected chi connectivity index (χ2v) is 4.66. The van der Waals surface area contributed by atoms with Gasteiger partial charge in [0.2, 0.25) is 0 Å². The van der Waals surface area contributed by atoms with E-state index in [1.54, 1.807) is 0 Å². The number of aliphatic hydroxyl groups excluding tert-OH is 1. The van der Waals surface area contributed by atoms with Gasteiger partial charge >= 0.3 is 0 Å². The van der Waals surface area contributed by atoms with E-state index in [2.05, 4.69) is 4.90 Å². The van der Waals surface area contributed by atoms with Gasteiger partial charge in [0.15, 0.2) is 0 Å². The molecule has 3 heteroatoms. The third-order valence-corrected chi connectivity index (χ3v) is 3.40. The highest BCUT2D eigenvalue weighted by Gasteiger charge is 2.39. The van der Waals surface area contributed by atoms with E-state index >= 15 is 0 Å². The minimum absolute atomic E-state index is 0.197. The SMILES string of the molecule is CC(O)CN1C2CCC1CC(N)C2. The van der Waals surface area contributed by atoms with Gasteiger partial charge in [-0.05, 0) is 32.6 Å². The first-order valence-corrected chi connectivity index (χ1v) is 5.36. The Morgan fingerprint density at radius 3 is 2.38 bits per heavy atom. The maximum absolute atomic E-state index is 9.36. The molecule has 3 atom stereocenters. The van der Waals surface area contributed by atoms with E-state index in [4.69, 9.17) is 5.73 Å². The van der Waals surface area contributed by atoms with Crippen molar-refractivity contribution < 1.29 is 5.11 Å². The molecule has 0 radical (unpaired) electrons. The largest absolute Gasteiger partial charge is 0.392 e. The Balaban J connectivity index is 1.98. The fourth-order valence-electron chi connectivity index (χ4n) is 2.92. The monoisotopic (exact) mass is 184 g/mol. The Labute approximate surface area is 79.9 Å². The second-order valence-electron chi connectivity index (χ2n) is 4.66. The summed E-state index contributed by atoms with van der Waals surface area (Å²) >= 11 is 0. The van der Waals surface area contributed by atoms with Crippen molar-refractivity contribution in [1.82, 2.24) is 4.90 Å². The lowest BCUT2D eigenvalue weighted by atomic mass is 9.98. The van der Waals surface area contributed by atoms with Crippen LogP contribution in [0.4, 0.5) is 0 Å². The number of nitrogens with zero attached hydrogens (tertiary/aromatic N) is 1. The van der Waals surface area contributed by atoms with Crippen molar-refractivity contribution in [3.05, 3.63) is 0 Å². The number of hydrogen-bond acceptors (Lipinski definition) is 3. The fourth-order valence-corrected chi connectivity index (χ4v) is 2.92. The Morgan fingerprint density at radius 2 is 1.92 bits per heavy atom. The minimum Gasteiger partial charge on any atom is -0.392 e. The van der Waals surface area contributed by atoms with Crippen LogP contribution in [0.5, 0.6) is 0 Å². The van der Waals surface area contributed by atoms with Gasteiger partial charge in [-0.25, -0.2) is 0 Å². The van der Waals surface area contributed by atoms with Gasteiger partial charge in [-0.1, -0.05) is 0 Å². The van der Waals surface area contributed by atoms with Gasteiger partial charge < -0.3 is 10.8 Å². The zero-order chi connectivity index (χ0) is 9.42. The van der Waals surface area contributed by atoms with Gasteiger partial charge in [-0.3, -0.25) is 4.90 Å². The molecule has 13 heavy (non-hydrogen) atoms. The molecule has 0 aromatic carbocycles. The maximum atomic E-state index is 9.36. The highest BCUT2D eigenvalue weighted by Crippen LogP contribution is 2.34. The Bertz CT molecular complexity index is 170. The molecule has 2 heterocycles. The maximum Gasteiger partial charge on any atom is 0.0639 e. The molecule has 0 aliphatic carbocycles. The third-order valence-electron chi connectivity index (χ3n) is 3.40. The summed E-state index contributed by atoms with van der Waals surface area (Å²) in [5, 5.41) is 9.36. The Kier molecular flexibility index (Phi) is 2.58. The lowest BCUT2D eigenvalue weighted by molar-refractivity contribution is 0.0652. The molecular formula is C10H20N2O. The molecule has 2 aliphatic heterocycles. The zero-order valence-electron chi connectivity index (χ0n) is 8.32. The molecular weight excluding hydrogens is 164 g/mol. The smallest absolute Gasteiger partial charge is 0.0639 e. The predicted octanol–water partition coefficient (Wildman–Crippen LogP) is 0.321. The lowest BCUT2D eigenvalue weighted by Gasteiger charge is -2.38. The van der Waals surface area contributed by atoms with E-state index in [0.29, 0.717) is 18.1 Å². The summed E-state index contributed by atoms with van der Waals surface area (Å²) in [5.74, 6) is 0. The van der Waals surface area contributed by atoms with Crippen molar-refractivity contribution in [3.8, 4) is 0 Å². The van der Waals surface area contributed by atoms with Gasteiger partial charge in [0.25, 0.3) is 0 Å².